The number of aromatic hydroxyl groups is 1. The maximum absolute atomic E-state index is 11.8. The largest absolute Gasteiger partial charge is 0.508 e. The molecule has 0 spiro atoms. The Hall–Kier alpha value is -2.68. The fourth-order valence-corrected chi connectivity index (χ4v) is 1.84. The third-order valence-corrected chi connectivity index (χ3v) is 3.14. The fourth-order valence-electron chi connectivity index (χ4n) is 1.73. The predicted molar refractivity (Wildman–Crippen MR) is 78.4 cm³/mol. The summed E-state index contributed by atoms with van der Waals surface area (Å²) in [5.41, 5.74) is -0.359. The Morgan fingerprint density at radius 2 is 2.00 bits per heavy atom. The number of carbonyl (C=O) groups is 3. The van der Waals surface area contributed by atoms with E-state index in [0.717, 1.165) is 18.2 Å². The summed E-state index contributed by atoms with van der Waals surface area (Å²) in [6, 6.07) is 1.67. The molecular formula is C13H13ClN2O7. The Kier molecular flexibility index (Phi) is 6.46. The first kappa shape index (κ1) is 18.4. The Morgan fingerprint density at radius 3 is 2.52 bits per heavy atom. The zero-order valence-corrected chi connectivity index (χ0v) is 12.4. The maximum atomic E-state index is 11.8. The molecule has 0 fully saturated rings. The Labute approximate surface area is 135 Å². The molecule has 1 aromatic rings. The maximum Gasteiger partial charge on any atom is 0.326 e. The first-order chi connectivity index (χ1) is 10.7. The Balaban J connectivity index is 2.82. The first-order valence-electron chi connectivity index (χ1n) is 6.30. The molecule has 9 nitrogen and oxygen atoms in total. The van der Waals surface area contributed by atoms with Gasteiger partial charge in [0.05, 0.1) is 17.2 Å². The van der Waals surface area contributed by atoms with Gasteiger partial charge in [0.2, 0.25) is 5.91 Å². The SMILES string of the molecule is O=C(CCl)CC(NC(=O)Cc1cc([N+](=O)[O-])ccc1O)C(=O)O. The number of halogens is 1. The van der Waals surface area contributed by atoms with Crippen LogP contribution in [0.15, 0.2) is 18.2 Å². The molecule has 0 bridgehead atoms. The number of amides is 1. The number of nitro benzene ring substituents is 1. The van der Waals surface area contributed by atoms with E-state index < -0.39 is 41.5 Å². The second-order valence-corrected chi connectivity index (χ2v) is 4.85. The van der Waals surface area contributed by atoms with E-state index in [-0.39, 0.29) is 22.9 Å². The van der Waals surface area contributed by atoms with Crippen molar-refractivity contribution in [2.75, 3.05) is 5.88 Å². The third kappa shape index (κ3) is 5.55. The highest BCUT2D eigenvalue weighted by atomic mass is 35.5. The minimum atomic E-state index is -1.46. The average Bonchev–Trinajstić information content (AvgIpc) is 2.48. The minimum absolute atomic E-state index is 0.0375. The number of hydrogen-bond donors (Lipinski definition) is 3. The van der Waals surface area contributed by atoms with Gasteiger partial charge in [-0.15, -0.1) is 11.6 Å². The molecule has 0 radical (unpaired) electrons. The molecule has 23 heavy (non-hydrogen) atoms. The molecule has 0 heterocycles. The summed E-state index contributed by atoms with van der Waals surface area (Å²) in [4.78, 5) is 44.0. The summed E-state index contributed by atoms with van der Waals surface area (Å²) in [5.74, 6) is -3.51. The van der Waals surface area contributed by atoms with Crippen molar-refractivity contribution in [2.45, 2.75) is 18.9 Å². The van der Waals surface area contributed by atoms with Crippen LogP contribution < -0.4 is 5.32 Å². The topological polar surface area (TPSA) is 147 Å². The quantitative estimate of drug-likeness (QED) is 0.355. The minimum Gasteiger partial charge on any atom is -0.508 e. The van der Waals surface area contributed by atoms with Gasteiger partial charge in [-0.05, 0) is 6.07 Å². The van der Waals surface area contributed by atoms with Crippen LogP contribution >= 0.6 is 11.6 Å². The molecule has 1 rings (SSSR count). The second kappa shape index (κ2) is 8.08. The van der Waals surface area contributed by atoms with Crippen LogP contribution in [-0.2, 0) is 20.8 Å². The van der Waals surface area contributed by atoms with Crippen molar-refractivity contribution in [3.8, 4) is 5.75 Å². The van der Waals surface area contributed by atoms with Gasteiger partial charge < -0.3 is 15.5 Å². The van der Waals surface area contributed by atoms with Crippen LogP contribution in [0.25, 0.3) is 0 Å². The number of carboxylic acids is 1. The number of ketones is 1. The van der Waals surface area contributed by atoms with Crippen LogP contribution in [0.5, 0.6) is 5.75 Å². The molecule has 3 N–H and O–H groups in total. The number of aliphatic carboxylic acids is 1. The molecule has 0 aliphatic heterocycles. The van der Waals surface area contributed by atoms with Crippen molar-refractivity contribution in [1.29, 1.82) is 0 Å². The number of phenolic OH excluding ortho intramolecular Hbond substituents is 1. The number of phenols is 1. The van der Waals surface area contributed by atoms with Crippen molar-refractivity contribution >= 4 is 34.9 Å². The van der Waals surface area contributed by atoms with Gasteiger partial charge in [0.1, 0.15) is 17.6 Å². The number of hydrogen-bond acceptors (Lipinski definition) is 6. The van der Waals surface area contributed by atoms with Gasteiger partial charge in [0, 0.05) is 24.1 Å². The van der Waals surface area contributed by atoms with Crippen LogP contribution in [0.3, 0.4) is 0 Å². The summed E-state index contributed by atoms with van der Waals surface area (Å²) < 4.78 is 0. The van der Waals surface area contributed by atoms with Crippen LogP contribution in [0.2, 0.25) is 0 Å². The lowest BCUT2D eigenvalue weighted by Crippen LogP contribution is -2.43. The number of Topliss-reactive ketones (excluding diaryl/α,β-unsaturated/α-hetero) is 1. The second-order valence-electron chi connectivity index (χ2n) is 4.58. The monoisotopic (exact) mass is 344 g/mol. The van der Waals surface area contributed by atoms with Gasteiger partial charge in [0.15, 0.2) is 0 Å². The van der Waals surface area contributed by atoms with Crippen LogP contribution in [0.4, 0.5) is 5.69 Å². The number of benzene rings is 1. The van der Waals surface area contributed by atoms with Gasteiger partial charge in [0.25, 0.3) is 5.69 Å². The normalized spacial score (nSPS) is 11.5. The predicted octanol–water partition coefficient (Wildman–Crippen LogP) is 0.610. The molecule has 1 unspecified atom stereocenters. The van der Waals surface area contributed by atoms with Crippen molar-refractivity contribution in [1.82, 2.24) is 5.32 Å². The van der Waals surface area contributed by atoms with Gasteiger partial charge in [-0.3, -0.25) is 19.7 Å². The van der Waals surface area contributed by atoms with Gasteiger partial charge >= 0.3 is 5.97 Å². The Bertz CT molecular complexity index is 647. The van der Waals surface area contributed by atoms with E-state index in [9.17, 15) is 29.6 Å². The summed E-state index contributed by atoms with van der Waals surface area (Å²) >= 11 is 5.28. The molecule has 1 aromatic carbocycles. The zero-order valence-electron chi connectivity index (χ0n) is 11.7. The van der Waals surface area contributed by atoms with E-state index in [1.54, 1.807) is 0 Å². The molecule has 0 aliphatic rings. The molecule has 0 saturated carbocycles. The Morgan fingerprint density at radius 1 is 1.35 bits per heavy atom. The van der Waals surface area contributed by atoms with E-state index in [1.807, 2.05) is 0 Å². The number of non-ortho nitro benzene ring substituents is 1. The number of rotatable bonds is 8. The van der Waals surface area contributed by atoms with E-state index in [4.69, 9.17) is 16.7 Å². The molecule has 1 amide bonds. The zero-order chi connectivity index (χ0) is 17.6. The summed E-state index contributed by atoms with van der Waals surface area (Å²) in [6.07, 6.45) is -0.960. The summed E-state index contributed by atoms with van der Waals surface area (Å²) in [7, 11) is 0. The van der Waals surface area contributed by atoms with Crippen molar-refractivity contribution < 1.29 is 29.5 Å². The van der Waals surface area contributed by atoms with E-state index in [1.165, 1.54) is 0 Å². The average molecular weight is 345 g/mol. The van der Waals surface area contributed by atoms with E-state index >= 15 is 0 Å². The molecular weight excluding hydrogens is 332 g/mol. The first-order valence-corrected chi connectivity index (χ1v) is 6.84. The summed E-state index contributed by atoms with van der Waals surface area (Å²) in [6.45, 7) is 0. The lowest BCUT2D eigenvalue weighted by Gasteiger charge is -2.13. The number of carbonyl (C=O) groups excluding carboxylic acids is 2. The fraction of sp³-hybridized carbons (Fsp3) is 0.308. The number of alkyl halides is 1. The highest BCUT2D eigenvalue weighted by Gasteiger charge is 2.23. The molecule has 10 heteroatoms. The van der Waals surface area contributed by atoms with Crippen molar-refractivity contribution in [3.05, 3.63) is 33.9 Å². The lowest BCUT2D eigenvalue weighted by atomic mass is 10.1. The van der Waals surface area contributed by atoms with Gasteiger partial charge in [-0.25, -0.2) is 4.79 Å². The number of carboxylic acid groups (broad SMARTS) is 1. The highest BCUT2D eigenvalue weighted by molar-refractivity contribution is 6.27. The van der Waals surface area contributed by atoms with Crippen molar-refractivity contribution in [3.63, 3.8) is 0 Å². The van der Waals surface area contributed by atoms with Crippen LogP contribution in [0, 0.1) is 10.1 Å². The number of nitrogens with one attached hydrogen (secondary N) is 1. The molecule has 1 atom stereocenters. The van der Waals surface area contributed by atoms with Gasteiger partial charge in [-0.1, -0.05) is 0 Å². The third-order valence-electron chi connectivity index (χ3n) is 2.84. The lowest BCUT2D eigenvalue weighted by molar-refractivity contribution is -0.384. The molecule has 0 aromatic heterocycles. The van der Waals surface area contributed by atoms with Crippen LogP contribution in [0.1, 0.15) is 12.0 Å². The number of nitro groups is 1. The number of nitrogens with zero attached hydrogens (tertiary/aromatic N) is 1. The molecule has 124 valence electrons. The smallest absolute Gasteiger partial charge is 0.326 e. The van der Waals surface area contributed by atoms with E-state index in [0.29, 0.717) is 0 Å². The highest BCUT2D eigenvalue weighted by Crippen LogP contribution is 2.23. The summed E-state index contributed by atoms with van der Waals surface area (Å²) in [5, 5.41) is 31.3. The standard InChI is InChI=1S/C13H13ClN2O7/c14-6-9(17)5-10(13(20)21)15-12(19)4-7-3-8(16(22)23)1-2-11(7)18/h1-3,10,18H,4-6H2,(H,15,19)(H,20,21). The van der Waals surface area contributed by atoms with Crippen LogP contribution in [-0.4, -0.2) is 44.7 Å². The molecule has 0 saturated heterocycles. The van der Waals surface area contributed by atoms with E-state index in [2.05, 4.69) is 5.32 Å². The van der Waals surface area contributed by atoms with Crippen molar-refractivity contribution in [2.24, 2.45) is 0 Å². The van der Waals surface area contributed by atoms with Gasteiger partial charge in [-0.2, -0.15) is 0 Å². The molecule has 0 aliphatic carbocycles.